The van der Waals surface area contributed by atoms with E-state index in [9.17, 15) is 9.18 Å². The van der Waals surface area contributed by atoms with E-state index in [1.165, 1.54) is 30.5 Å². The van der Waals surface area contributed by atoms with E-state index in [-0.39, 0.29) is 22.1 Å². The monoisotopic (exact) mass is 296 g/mol. The lowest BCUT2D eigenvalue weighted by Crippen LogP contribution is -2.11. The van der Waals surface area contributed by atoms with E-state index >= 15 is 0 Å². The highest BCUT2D eigenvalue weighted by molar-refractivity contribution is 6.32. The van der Waals surface area contributed by atoms with Crippen molar-refractivity contribution in [3.8, 4) is 11.5 Å². The van der Waals surface area contributed by atoms with Crippen LogP contribution in [0.3, 0.4) is 0 Å². The van der Waals surface area contributed by atoms with Crippen LogP contribution in [0.2, 0.25) is 5.02 Å². The van der Waals surface area contributed by atoms with Crippen LogP contribution >= 0.6 is 11.6 Å². The second-order valence-electron chi connectivity index (χ2n) is 4.29. The van der Waals surface area contributed by atoms with Gasteiger partial charge in [0.1, 0.15) is 5.75 Å². The van der Waals surface area contributed by atoms with Crippen LogP contribution in [-0.4, -0.2) is 4.98 Å². The molecule has 1 aromatic carbocycles. The molecule has 0 saturated carbocycles. The van der Waals surface area contributed by atoms with Crippen molar-refractivity contribution in [2.75, 3.05) is 0 Å². The van der Waals surface area contributed by atoms with Crippen molar-refractivity contribution >= 4 is 11.6 Å². The third-order valence-corrected chi connectivity index (χ3v) is 3.18. The number of ether oxygens (including phenoxy) is 1. The van der Waals surface area contributed by atoms with Crippen LogP contribution in [-0.2, 0) is 0 Å². The van der Waals surface area contributed by atoms with Crippen LogP contribution in [0.1, 0.15) is 24.9 Å². The molecular formula is C14H14ClFN2O2. The van der Waals surface area contributed by atoms with Crippen molar-refractivity contribution in [2.24, 2.45) is 5.73 Å². The molecule has 0 unspecified atom stereocenters. The standard InChI is InChI=1S/C14H14ClFN2O2/c1-2-11(17)9-3-4-10(15)14(13(9)16)20-8-5-6-18-12(19)7-8/h3-7,11H,2,17H2,1H3,(H,18,19)/t11-/m1/s1. The van der Waals surface area contributed by atoms with E-state index in [1.807, 2.05) is 6.92 Å². The van der Waals surface area contributed by atoms with Gasteiger partial charge in [-0.15, -0.1) is 0 Å². The van der Waals surface area contributed by atoms with E-state index in [2.05, 4.69) is 4.98 Å². The summed E-state index contributed by atoms with van der Waals surface area (Å²) in [5.74, 6) is -0.525. The molecule has 0 amide bonds. The molecular weight excluding hydrogens is 283 g/mol. The van der Waals surface area contributed by atoms with Crippen LogP contribution in [0, 0.1) is 5.82 Å². The molecule has 0 fully saturated rings. The molecule has 2 rings (SSSR count). The molecule has 0 aliphatic heterocycles. The third kappa shape index (κ3) is 3.00. The van der Waals surface area contributed by atoms with Gasteiger partial charge in [-0.1, -0.05) is 24.6 Å². The number of nitrogens with two attached hydrogens (primary N) is 1. The van der Waals surface area contributed by atoms with Crippen molar-refractivity contribution in [2.45, 2.75) is 19.4 Å². The van der Waals surface area contributed by atoms with Crippen molar-refractivity contribution < 1.29 is 9.13 Å². The number of H-pyrrole nitrogens is 1. The fourth-order valence-electron chi connectivity index (χ4n) is 1.75. The van der Waals surface area contributed by atoms with Crippen molar-refractivity contribution in [3.05, 3.63) is 57.2 Å². The number of hydrogen-bond donors (Lipinski definition) is 2. The van der Waals surface area contributed by atoms with Gasteiger partial charge in [-0.25, -0.2) is 4.39 Å². The van der Waals surface area contributed by atoms with Gasteiger partial charge in [0, 0.05) is 23.9 Å². The summed E-state index contributed by atoms with van der Waals surface area (Å²) < 4.78 is 19.8. The molecule has 6 heteroatoms. The summed E-state index contributed by atoms with van der Waals surface area (Å²) in [4.78, 5) is 13.6. The lowest BCUT2D eigenvalue weighted by molar-refractivity contribution is 0.433. The average Bonchev–Trinajstić information content (AvgIpc) is 2.43. The van der Waals surface area contributed by atoms with Gasteiger partial charge < -0.3 is 15.5 Å². The summed E-state index contributed by atoms with van der Waals surface area (Å²) in [6.07, 6.45) is 1.99. The lowest BCUT2D eigenvalue weighted by atomic mass is 10.0. The Bertz CT molecular complexity index is 672. The molecule has 2 aromatic rings. The average molecular weight is 297 g/mol. The Hall–Kier alpha value is -1.85. The minimum Gasteiger partial charge on any atom is -0.452 e. The fourth-order valence-corrected chi connectivity index (χ4v) is 1.94. The maximum Gasteiger partial charge on any atom is 0.251 e. The van der Waals surface area contributed by atoms with Gasteiger partial charge in [-0.3, -0.25) is 4.79 Å². The molecule has 0 bridgehead atoms. The Balaban J connectivity index is 2.43. The molecule has 0 spiro atoms. The Morgan fingerprint density at radius 2 is 2.20 bits per heavy atom. The molecule has 0 radical (unpaired) electrons. The van der Waals surface area contributed by atoms with Crippen molar-refractivity contribution in [3.63, 3.8) is 0 Å². The predicted molar refractivity (Wildman–Crippen MR) is 75.8 cm³/mol. The van der Waals surface area contributed by atoms with Gasteiger partial charge in [-0.2, -0.15) is 0 Å². The summed E-state index contributed by atoms with van der Waals surface area (Å²) in [5.41, 5.74) is 5.82. The zero-order valence-electron chi connectivity index (χ0n) is 10.8. The van der Waals surface area contributed by atoms with E-state index in [4.69, 9.17) is 22.1 Å². The highest BCUT2D eigenvalue weighted by Gasteiger charge is 2.18. The van der Waals surface area contributed by atoms with Crippen LogP contribution in [0.4, 0.5) is 4.39 Å². The minimum absolute atomic E-state index is 0.120. The first kappa shape index (κ1) is 14.6. The summed E-state index contributed by atoms with van der Waals surface area (Å²) in [6.45, 7) is 1.86. The second kappa shape index (κ2) is 6.07. The van der Waals surface area contributed by atoms with Crippen LogP contribution in [0.15, 0.2) is 35.3 Å². The van der Waals surface area contributed by atoms with Crippen LogP contribution < -0.4 is 16.0 Å². The fraction of sp³-hybridized carbons (Fsp3) is 0.214. The quantitative estimate of drug-likeness (QED) is 0.909. The zero-order chi connectivity index (χ0) is 14.7. The Morgan fingerprint density at radius 1 is 1.45 bits per heavy atom. The predicted octanol–water partition coefficient (Wildman–Crippen LogP) is 3.37. The maximum atomic E-state index is 14.4. The summed E-state index contributed by atoms with van der Waals surface area (Å²) >= 11 is 5.95. The lowest BCUT2D eigenvalue weighted by Gasteiger charge is -2.15. The van der Waals surface area contributed by atoms with Gasteiger partial charge in [0.2, 0.25) is 0 Å². The molecule has 0 saturated heterocycles. The Morgan fingerprint density at radius 3 is 2.85 bits per heavy atom. The molecule has 106 valence electrons. The van der Waals surface area contributed by atoms with E-state index in [0.717, 1.165) is 0 Å². The SMILES string of the molecule is CC[C@@H](N)c1ccc(Cl)c(Oc2cc[nH]c(=O)c2)c1F. The number of halogens is 2. The van der Waals surface area contributed by atoms with E-state index in [0.29, 0.717) is 12.0 Å². The number of nitrogens with one attached hydrogen (secondary N) is 1. The molecule has 4 nitrogen and oxygen atoms in total. The summed E-state index contributed by atoms with van der Waals surface area (Å²) in [6, 6.07) is 5.34. The van der Waals surface area contributed by atoms with Crippen molar-refractivity contribution in [1.29, 1.82) is 0 Å². The van der Waals surface area contributed by atoms with Gasteiger partial charge in [0.25, 0.3) is 5.56 Å². The van der Waals surface area contributed by atoms with E-state index < -0.39 is 11.9 Å². The zero-order valence-corrected chi connectivity index (χ0v) is 11.6. The summed E-state index contributed by atoms with van der Waals surface area (Å²) in [5, 5.41) is 0.120. The largest absolute Gasteiger partial charge is 0.452 e. The first-order valence-corrected chi connectivity index (χ1v) is 6.50. The number of pyridine rings is 1. The number of rotatable bonds is 4. The maximum absolute atomic E-state index is 14.4. The molecule has 20 heavy (non-hydrogen) atoms. The van der Waals surface area contributed by atoms with Crippen molar-refractivity contribution in [1.82, 2.24) is 4.98 Å². The number of aromatic nitrogens is 1. The molecule has 1 aromatic heterocycles. The van der Waals surface area contributed by atoms with Crippen LogP contribution in [0.25, 0.3) is 0 Å². The number of hydrogen-bond acceptors (Lipinski definition) is 3. The Labute approximate surface area is 120 Å². The van der Waals surface area contributed by atoms with Gasteiger partial charge >= 0.3 is 0 Å². The minimum atomic E-state index is -0.605. The van der Waals surface area contributed by atoms with Gasteiger partial charge in [-0.05, 0) is 18.6 Å². The molecule has 0 aliphatic rings. The molecule has 0 aliphatic carbocycles. The molecule has 1 heterocycles. The van der Waals surface area contributed by atoms with Gasteiger partial charge in [0.15, 0.2) is 11.6 Å². The number of benzene rings is 1. The number of aromatic amines is 1. The topological polar surface area (TPSA) is 68.1 Å². The molecule has 1 atom stereocenters. The van der Waals surface area contributed by atoms with Crippen LogP contribution in [0.5, 0.6) is 11.5 Å². The summed E-state index contributed by atoms with van der Waals surface area (Å²) in [7, 11) is 0. The van der Waals surface area contributed by atoms with E-state index in [1.54, 1.807) is 0 Å². The first-order valence-electron chi connectivity index (χ1n) is 6.13. The normalized spacial score (nSPS) is 12.2. The third-order valence-electron chi connectivity index (χ3n) is 2.88. The van der Waals surface area contributed by atoms with Gasteiger partial charge in [0.05, 0.1) is 5.02 Å². The highest BCUT2D eigenvalue weighted by Crippen LogP contribution is 2.35. The highest BCUT2D eigenvalue weighted by atomic mass is 35.5. The first-order chi connectivity index (χ1) is 9.52. The Kier molecular flexibility index (Phi) is 4.42. The second-order valence-corrected chi connectivity index (χ2v) is 4.69. The molecule has 3 N–H and O–H groups in total. The smallest absolute Gasteiger partial charge is 0.251 e.